The smallest absolute Gasteiger partial charge is 0.352 e. The number of anilines is 2. The molecular weight excluding hydrogens is 278 g/mol. The van der Waals surface area contributed by atoms with Crippen LogP contribution in [0.1, 0.15) is 15.9 Å². The molecule has 9 heteroatoms. The van der Waals surface area contributed by atoms with Gasteiger partial charge in [0, 0.05) is 6.54 Å². The maximum Gasteiger partial charge on any atom is 0.352 e. The number of nitrogen functional groups attached to an aromatic ring is 1. The molecule has 0 saturated heterocycles. The Labute approximate surface area is 118 Å². The number of rotatable bonds is 5. The molecule has 0 aliphatic rings. The van der Waals surface area contributed by atoms with E-state index in [-0.39, 0.29) is 23.7 Å². The van der Waals surface area contributed by atoms with Gasteiger partial charge >= 0.3 is 11.7 Å². The molecule has 9 nitrogen and oxygen atoms in total. The van der Waals surface area contributed by atoms with Crippen LogP contribution < -0.4 is 11.1 Å². The SMILES string of the molecule is Nc1ncnc(NCc2cccc(C(=O)O)c2)c1[N+](=O)[O-]. The summed E-state index contributed by atoms with van der Waals surface area (Å²) in [6.07, 6.45) is 1.11. The number of nitro groups is 1. The summed E-state index contributed by atoms with van der Waals surface area (Å²) in [5.41, 5.74) is 5.81. The highest BCUT2D eigenvalue weighted by molar-refractivity contribution is 5.87. The van der Waals surface area contributed by atoms with Gasteiger partial charge in [0.05, 0.1) is 10.5 Å². The van der Waals surface area contributed by atoms with Crippen molar-refractivity contribution in [2.24, 2.45) is 0 Å². The minimum Gasteiger partial charge on any atom is -0.478 e. The molecule has 2 aromatic rings. The number of nitrogens with two attached hydrogens (primary N) is 1. The van der Waals surface area contributed by atoms with Crippen molar-refractivity contribution in [3.63, 3.8) is 0 Å². The van der Waals surface area contributed by atoms with Crippen LogP contribution in [-0.2, 0) is 6.54 Å². The van der Waals surface area contributed by atoms with E-state index in [0.29, 0.717) is 5.56 Å². The van der Waals surface area contributed by atoms with Gasteiger partial charge in [0.15, 0.2) is 0 Å². The first-order valence-corrected chi connectivity index (χ1v) is 5.80. The molecule has 0 saturated carbocycles. The van der Waals surface area contributed by atoms with Crippen LogP contribution in [0.2, 0.25) is 0 Å². The number of nitrogens with zero attached hydrogens (tertiary/aromatic N) is 3. The van der Waals surface area contributed by atoms with Crippen molar-refractivity contribution in [1.29, 1.82) is 0 Å². The lowest BCUT2D eigenvalue weighted by molar-refractivity contribution is -0.383. The van der Waals surface area contributed by atoms with E-state index in [1.54, 1.807) is 12.1 Å². The highest BCUT2D eigenvalue weighted by atomic mass is 16.6. The number of aromatic nitrogens is 2. The third-order valence-corrected chi connectivity index (χ3v) is 2.67. The number of carboxylic acids is 1. The Bertz CT molecular complexity index is 704. The van der Waals surface area contributed by atoms with Gasteiger partial charge in [0.2, 0.25) is 11.6 Å². The maximum atomic E-state index is 10.9. The first-order chi connectivity index (χ1) is 9.99. The molecule has 4 N–H and O–H groups in total. The van der Waals surface area contributed by atoms with Crippen LogP contribution in [0.3, 0.4) is 0 Å². The Morgan fingerprint density at radius 2 is 2.19 bits per heavy atom. The van der Waals surface area contributed by atoms with Gasteiger partial charge in [-0.1, -0.05) is 12.1 Å². The average Bonchev–Trinajstić information content (AvgIpc) is 2.45. The van der Waals surface area contributed by atoms with Crippen LogP contribution in [0.5, 0.6) is 0 Å². The summed E-state index contributed by atoms with van der Waals surface area (Å²) < 4.78 is 0. The number of aromatic carboxylic acids is 1. The highest BCUT2D eigenvalue weighted by Crippen LogP contribution is 2.26. The van der Waals surface area contributed by atoms with Crippen molar-refractivity contribution in [2.45, 2.75) is 6.54 Å². The van der Waals surface area contributed by atoms with E-state index in [1.165, 1.54) is 12.1 Å². The lowest BCUT2D eigenvalue weighted by Crippen LogP contribution is -2.08. The zero-order chi connectivity index (χ0) is 15.4. The minimum atomic E-state index is -1.05. The van der Waals surface area contributed by atoms with Crippen molar-refractivity contribution in [3.8, 4) is 0 Å². The summed E-state index contributed by atoms with van der Waals surface area (Å²) in [6.45, 7) is 0.165. The number of hydrogen-bond donors (Lipinski definition) is 3. The zero-order valence-corrected chi connectivity index (χ0v) is 10.7. The fourth-order valence-corrected chi connectivity index (χ4v) is 1.70. The summed E-state index contributed by atoms with van der Waals surface area (Å²) in [6, 6.07) is 6.20. The predicted octanol–water partition coefficient (Wildman–Crippen LogP) is 1.28. The summed E-state index contributed by atoms with van der Waals surface area (Å²) in [5.74, 6) is -1.31. The van der Waals surface area contributed by atoms with Crippen LogP contribution in [0, 0.1) is 10.1 Å². The van der Waals surface area contributed by atoms with Gasteiger partial charge in [0.1, 0.15) is 6.33 Å². The Hall–Kier alpha value is -3.23. The van der Waals surface area contributed by atoms with Crippen molar-refractivity contribution in [3.05, 3.63) is 51.8 Å². The van der Waals surface area contributed by atoms with E-state index in [9.17, 15) is 14.9 Å². The minimum absolute atomic E-state index is 0.0202. The van der Waals surface area contributed by atoms with E-state index in [0.717, 1.165) is 6.33 Å². The molecule has 1 aromatic carbocycles. The van der Waals surface area contributed by atoms with Crippen molar-refractivity contribution in [2.75, 3.05) is 11.1 Å². The molecule has 0 aliphatic heterocycles. The van der Waals surface area contributed by atoms with Crippen molar-refractivity contribution < 1.29 is 14.8 Å². The summed E-state index contributed by atoms with van der Waals surface area (Å²) in [7, 11) is 0. The first-order valence-electron chi connectivity index (χ1n) is 5.80. The van der Waals surface area contributed by atoms with Crippen LogP contribution in [-0.4, -0.2) is 26.0 Å². The van der Waals surface area contributed by atoms with Crippen molar-refractivity contribution >= 4 is 23.3 Å². The van der Waals surface area contributed by atoms with E-state index >= 15 is 0 Å². The van der Waals surface area contributed by atoms with E-state index in [2.05, 4.69) is 15.3 Å². The molecule has 0 bridgehead atoms. The third kappa shape index (κ3) is 3.21. The van der Waals surface area contributed by atoms with Crippen LogP contribution in [0.25, 0.3) is 0 Å². The number of carbonyl (C=O) groups is 1. The van der Waals surface area contributed by atoms with Gasteiger partial charge in [-0.2, -0.15) is 0 Å². The predicted molar refractivity (Wildman–Crippen MR) is 73.8 cm³/mol. The molecule has 0 fully saturated rings. The quantitative estimate of drug-likeness (QED) is 0.551. The normalized spacial score (nSPS) is 10.1. The Balaban J connectivity index is 2.21. The Morgan fingerprint density at radius 3 is 2.86 bits per heavy atom. The molecule has 0 radical (unpaired) electrons. The largest absolute Gasteiger partial charge is 0.478 e. The van der Waals surface area contributed by atoms with Crippen LogP contribution >= 0.6 is 0 Å². The van der Waals surface area contributed by atoms with E-state index in [1.807, 2.05) is 0 Å². The average molecular weight is 289 g/mol. The number of benzene rings is 1. The lowest BCUT2D eigenvalue weighted by atomic mass is 10.1. The second-order valence-corrected chi connectivity index (χ2v) is 4.07. The molecule has 0 unspecified atom stereocenters. The number of hydrogen-bond acceptors (Lipinski definition) is 7. The molecule has 0 aliphatic carbocycles. The number of nitrogens with one attached hydrogen (secondary N) is 1. The second kappa shape index (κ2) is 5.82. The Morgan fingerprint density at radius 1 is 1.43 bits per heavy atom. The molecule has 108 valence electrons. The Kier molecular flexibility index (Phi) is 3.93. The number of carboxylic acid groups (broad SMARTS) is 1. The first kappa shape index (κ1) is 14.2. The molecule has 1 heterocycles. The van der Waals surface area contributed by atoms with Crippen LogP contribution in [0.4, 0.5) is 17.3 Å². The van der Waals surface area contributed by atoms with Crippen LogP contribution in [0.15, 0.2) is 30.6 Å². The zero-order valence-electron chi connectivity index (χ0n) is 10.7. The fraction of sp³-hybridized carbons (Fsp3) is 0.0833. The molecule has 0 spiro atoms. The second-order valence-electron chi connectivity index (χ2n) is 4.07. The summed E-state index contributed by atoms with van der Waals surface area (Å²) >= 11 is 0. The molecule has 2 rings (SSSR count). The molecule has 1 aromatic heterocycles. The van der Waals surface area contributed by atoms with Gasteiger partial charge in [-0.3, -0.25) is 10.1 Å². The van der Waals surface area contributed by atoms with Gasteiger partial charge in [-0.05, 0) is 17.7 Å². The van der Waals surface area contributed by atoms with Gasteiger partial charge in [-0.15, -0.1) is 0 Å². The molecule has 0 atom stereocenters. The standard InChI is InChI=1S/C12H11N5O4/c13-10-9(17(20)21)11(16-6-15-10)14-5-7-2-1-3-8(4-7)12(18)19/h1-4,6H,5H2,(H,18,19)(H3,13,14,15,16). The van der Waals surface area contributed by atoms with Gasteiger partial charge < -0.3 is 16.2 Å². The summed E-state index contributed by atoms with van der Waals surface area (Å²) in [5, 5.41) is 22.6. The molecular formula is C12H11N5O4. The van der Waals surface area contributed by atoms with E-state index < -0.39 is 16.6 Å². The molecule has 21 heavy (non-hydrogen) atoms. The maximum absolute atomic E-state index is 10.9. The van der Waals surface area contributed by atoms with Crippen molar-refractivity contribution in [1.82, 2.24) is 9.97 Å². The van der Waals surface area contributed by atoms with Gasteiger partial charge in [0.25, 0.3) is 0 Å². The monoisotopic (exact) mass is 289 g/mol. The third-order valence-electron chi connectivity index (χ3n) is 2.67. The fourth-order valence-electron chi connectivity index (χ4n) is 1.70. The highest BCUT2D eigenvalue weighted by Gasteiger charge is 2.20. The summed E-state index contributed by atoms with van der Waals surface area (Å²) in [4.78, 5) is 28.5. The topological polar surface area (TPSA) is 144 Å². The van der Waals surface area contributed by atoms with E-state index in [4.69, 9.17) is 10.8 Å². The lowest BCUT2D eigenvalue weighted by Gasteiger charge is -2.07. The van der Waals surface area contributed by atoms with Gasteiger partial charge in [-0.25, -0.2) is 14.8 Å². The molecule has 0 amide bonds.